The number of carbonyl (C=O) groups excluding carboxylic acids is 1. The Bertz CT molecular complexity index is 1240. The Hall–Kier alpha value is -3.64. The number of hydrogen-bond acceptors (Lipinski definition) is 4. The first-order valence-electron chi connectivity index (χ1n) is 12.5. The van der Waals surface area contributed by atoms with Crippen molar-refractivity contribution < 1.29 is 9.53 Å². The first-order chi connectivity index (χ1) is 17.4. The Morgan fingerprint density at radius 2 is 1.94 bits per heavy atom. The average molecular weight is 487 g/mol. The van der Waals surface area contributed by atoms with E-state index in [2.05, 4.69) is 59.0 Å². The van der Waals surface area contributed by atoms with Crippen LogP contribution in [0.15, 0.2) is 60.2 Å². The quantitative estimate of drug-likeness (QED) is 0.239. The summed E-state index contributed by atoms with van der Waals surface area (Å²) < 4.78 is 5.61. The summed E-state index contributed by atoms with van der Waals surface area (Å²) in [5.74, 6) is 0.553. The van der Waals surface area contributed by atoms with Crippen molar-refractivity contribution >= 4 is 17.6 Å². The lowest BCUT2D eigenvalue weighted by Crippen LogP contribution is -2.33. The third kappa shape index (κ3) is 6.52. The summed E-state index contributed by atoms with van der Waals surface area (Å²) in [5.41, 5.74) is 8.15. The van der Waals surface area contributed by atoms with E-state index in [4.69, 9.17) is 4.74 Å². The molecule has 0 radical (unpaired) electrons. The van der Waals surface area contributed by atoms with Crippen LogP contribution in [0.5, 0.6) is 5.75 Å². The molecule has 0 saturated carbocycles. The third-order valence-corrected chi connectivity index (χ3v) is 6.40. The van der Waals surface area contributed by atoms with Gasteiger partial charge in [0.2, 0.25) is 5.91 Å². The number of ether oxygens (including phenoxy) is 1. The van der Waals surface area contributed by atoms with Gasteiger partial charge in [-0.3, -0.25) is 9.89 Å². The predicted molar refractivity (Wildman–Crippen MR) is 149 cm³/mol. The highest BCUT2D eigenvalue weighted by Gasteiger charge is 2.18. The SMILES string of the molecule is CC/C(C)=C/C(=C\c1c(-c2ccccc2OC)n[nH]c1C)c1cccc(C(C)C(=O)NCCNC)c1. The van der Waals surface area contributed by atoms with Crippen molar-refractivity contribution in [3.63, 3.8) is 0 Å². The van der Waals surface area contributed by atoms with Crippen LogP contribution in [-0.4, -0.2) is 43.4 Å². The van der Waals surface area contributed by atoms with Crippen molar-refractivity contribution in [2.45, 2.75) is 40.0 Å². The van der Waals surface area contributed by atoms with Crippen LogP contribution in [0.3, 0.4) is 0 Å². The molecule has 0 aliphatic rings. The Kier molecular flexibility index (Phi) is 9.65. The Morgan fingerprint density at radius 1 is 1.17 bits per heavy atom. The van der Waals surface area contributed by atoms with Crippen LogP contribution in [0.1, 0.15) is 55.5 Å². The molecule has 0 spiro atoms. The summed E-state index contributed by atoms with van der Waals surface area (Å²) in [4.78, 5) is 12.7. The molecule has 0 bridgehead atoms. The summed E-state index contributed by atoms with van der Waals surface area (Å²) >= 11 is 0. The van der Waals surface area contributed by atoms with E-state index in [9.17, 15) is 4.79 Å². The smallest absolute Gasteiger partial charge is 0.227 e. The molecule has 1 heterocycles. The molecule has 1 aromatic heterocycles. The predicted octanol–water partition coefficient (Wildman–Crippen LogP) is 5.73. The minimum Gasteiger partial charge on any atom is -0.496 e. The minimum atomic E-state index is -0.251. The normalized spacial score (nSPS) is 12.9. The standard InChI is InChI=1S/C30H38N4O2/c1-7-20(2)17-25(24-12-10-11-23(18-24)21(3)30(35)32-16-15-31-5)19-27-22(4)33-34-29(27)26-13-8-9-14-28(26)36-6/h8-14,17-19,21,31H,7,15-16H2,1-6H3,(H,32,35)(H,33,34)/b20-17+,25-19+. The summed E-state index contributed by atoms with van der Waals surface area (Å²) in [5, 5.41) is 13.8. The highest BCUT2D eigenvalue weighted by atomic mass is 16.5. The molecule has 36 heavy (non-hydrogen) atoms. The molecule has 2 aromatic carbocycles. The lowest BCUT2D eigenvalue weighted by atomic mass is 9.93. The van der Waals surface area contributed by atoms with Gasteiger partial charge in [0.15, 0.2) is 0 Å². The van der Waals surface area contributed by atoms with Crippen LogP contribution in [0.4, 0.5) is 0 Å². The highest BCUT2D eigenvalue weighted by molar-refractivity contribution is 5.92. The number of benzene rings is 2. The number of H-pyrrole nitrogens is 1. The monoisotopic (exact) mass is 486 g/mol. The Labute approximate surface area is 214 Å². The van der Waals surface area contributed by atoms with Crippen LogP contribution in [0.25, 0.3) is 22.9 Å². The van der Waals surface area contributed by atoms with Crippen LogP contribution in [0, 0.1) is 6.92 Å². The maximum absolute atomic E-state index is 12.7. The number of amides is 1. The topological polar surface area (TPSA) is 79.0 Å². The van der Waals surface area contributed by atoms with E-state index in [0.717, 1.165) is 57.9 Å². The fraction of sp³-hybridized carbons (Fsp3) is 0.333. The molecule has 0 fully saturated rings. The van der Waals surface area contributed by atoms with Gasteiger partial charge in [-0.05, 0) is 69.1 Å². The number of carbonyl (C=O) groups is 1. The number of nitrogens with one attached hydrogen (secondary N) is 3. The zero-order valence-corrected chi connectivity index (χ0v) is 22.2. The first kappa shape index (κ1) is 27.0. The van der Waals surface area contributed by atoms with E-state index in [1.54, 1.807) is 7.11 Å². The van der Waals surface area contributed by atoms with Gasteiger partial charge in [0.05, 0.1) is 13.0 Å². The molecule has 6 heteroatoms. The Balaban J connectivity index is 2.07. The number of rotatable bonds is 11. The van der Waals surface area contributed by atoms with Crippen LogP contribution in [0.2, 0.25) is 0 Å². The number of aromatic amines is 1. The first-order valence-corrected chi connectivity index (χ1v) is 12.5. The summed E-state index contributed by atoms with van der Waals surface area (Å²) in [6, 6.07) is 16.2. The number of methoxy groups -OCH3 is 1. The minimum absolute atomic E-state index is 0.0253. The molecule has 0 saturated heterocycles. The third-order valence-electron chi connectivity index (χ3n) is 6.40. The molecule has 1 amide bonds. The second-order valence-corrected chi connectivity index (χ2v) is 9.00. The number of hydrogen-bond donors (Lipinski definition) is 3. The van der Waals surface area contributed by atoms with Gasteiger partial charge in [0.1, 0.15) is 11.4 Å². The molecule has 3 N–H and O–H groups in total. The van der Waals surface area contributed by atoms with Crippen molar-refractivity contribution in [1.29, 1.82) is 0 Å². The molecule has 1 atom stereocenters. The van der Waals surface area contributed by atoms with Crippen molar-refractivity contribution in [3.8, 4) is 17.0 Å². The van der Waals surface area contributed by atoms with Gasteiger partial charge in [-0.15, -0.1) is 0 Å². The van der Waals surface area contributed by atoms with Crippen molar-refractivity contribution in [3.05, 3.63) is 82.6 Å². The molecule has 0 aliphatic carbocycles. The fourth-order valence-electron chi connectivity index (χ4n) is 3.99. The van der Waals surface area contributed by atoms with Gasteiger partial charge in [0.25, 0.3) is 0 Å². The second-order valence-electron chi connectivity index (χ2n) is 9.00. The highest BCUT2D eigenvalue weighted by Crippen LogP contribution is 2.34. The summed E-state index contributed by atoms with van der Waals surface area (Å²) in [6.45, 7) is 9.61. The van der Waals surface area contributed by atoms with E-state index in [0.29, 0.717) is 6.54 Å². The van der Waals surface area contributed by atoms with E-state index in [-0.39, 0.29) is 11.8 Å². The molecule has 6 nitrogen and oxygen atoms in total. The number of likely N-dealkylation sites (N-methyl/N-ethyl adjacent to an activating group) is 1. The zero-order chi connectivity index (χ0) is 26.1. The number of allylic oxidation sites excluding steroid dienone is 3. The number of para-hydroxylation sites is 1. The van der Waals surface area contributed by atoms with Crippen LogP contribution >= 0.6 is 0 Å². The van der Waals surface area contributed by atoms with Crippen molar-refractivity contribution in [2.75, 3.05) is 27.2 Å². The average Bonchev–Trinajstić information content (AvgIpc) is 3.27. The van der Waals surface area contributed by atoms with E-state index >= 15 is 0 Å². The number of aromatic nitrogens is 2. The zero-order valence-electron chi connectivity index (χ0n) is 22.2. The number of aryl methyl sites for hydroxylation is 1. The van der Waals surface area contributed by atoms with Crippen molar-refractivity contribution in [1.82, 2.24) is 20.8 Å². The molecular formula is C30H38N4O2. The molecule has 190 valence electrons. The lowest BCUT2D eigenvalue weighted by molar-refractivity contribution is -0.122. The van der Waals surface area contributed by atoms with Gasteiger partial charge in [0, 0.05) is 29.9 Å². The molecule has 3 aromatic rings. The van der Waals surface area contributed by atoms with E-state index < -0.39 is 0 Å². The van der Waals surface area contributed by atoms with Gasteiger partial charge in [-0.1, -0.05) is 55.0 Å². The maximum Gasteiger partial charge on any atom is 0.227 e. The molecule has 0 aliphatic heterocycles. The van der Waals surface area contributed by atoms with Gasteiger partial charge < -0.3 is 15.4 Å². The van der Waals surface area contributed by atoms with E-state index in [1.165, 1.54) is 5.57 Å². The lowest BCUT2D eigenvalue weighted by Gasteiger charge is -2.15. The fourth-order valence-corrected chi connectivity index (χ4v) is 3.99. The van der Waals surface area contributed by atoms with Gasteiger partial charge in [-0.2, -0.15) is 5.10 Å². The largest absolute Gasteiger partial charge is 0.496 e. The van der Waals surface area contributed by atoms with Crippen LogP contribution < -0.4 is 15.4 Å². The number of nitrogens with zero attached hydrogens (tertiary/aromatic N) is 1. The summed E-state index contributed by atoms with van der Waals surface area (Å²) in [7, 11) is 3.55. The molecule has 3 rings (SSSR count). The van der Waals surface area contributed by atoms with Crippen molar-refractivity contribution in [2.24, 2.45) is 0 Å². The molecule has 1 unspecified atom stereocenters. The summed E-state index contributed by atoms with van der Waals surface area (Å²) in [6.07, 6.45) is 5.34. The van der Waals surface area contributed by atoms with E-state index in [1.807, 2.05) is 57.3 Å². The van der Waals surface area contributed by atoms with Gasteiger partial charge >= 0.3 is 0 Å². The van der Waals surface area contributed by atoms with Gasteiger partial charge in [-0.25, -0.2) is 0 Å². The molecular weight excluding hydrogens is 448 g/mol. The maximum atomic E-state index is 12.7. The Morgan fingerprint density at radius 3 is 2.67 bits per heavy atom. The van der Waals surface area contributed by atoms with Crippen LogP contribution in [-0.2, 0) is 4.79 Å². The second kappa shape index (κ2) is 12.9.